The van der Waals surface area contributed by atoms with Gasteiger partial charge in [0.05, 0.1) is 19.6 Å². The number of benzene rings is 3. The smallest absolute Gasteiger partial charge is 0.119 e. The third-order valence-electron chi connectivity index (χ3n) is 6.12. The highest BCUT2D eigenvalue weighted by molar-refractivity contribution is 5.28. The van der Waals surface area contributed by atoms with Crippen LogP contribution in [0.5, 0.6) is 5.75 Å². The second-order valence-corrected chi connectivity index (χ2v) is 8.30. The van der Waals surface area contributed by atoms with Gasteiger partial charge in [0.25, 0.3) is 0 Å². The van der Waals surface area contributed by atoms with E-state index in [4.69, 9.17) is 4.74 Å². The average Bonchev–Trinajstić information content (AvgIpc) is 2.79. The zero-order valence-electron chi connectivity index (χ0n) is 17.6. The van der Waals surface area contributed by atoms with Gasteiger partial charge in [-0.15, -0.1) is 0 Å². The Morgan fingerprint density at radius 2 is 1.30 bits per heavy atom. The van der Waals surface area contributed by atoms with Crippen LogP contribution in [0.1, 0.15) is 29.5 Å². The highest BCUT2D eigenvalue weighted by atomic mass is 35.5. The first-order valence-corrected chi connectivity index (χ1v) is 11.0. The molecule has 0 amide bonds. The molecule has 0 saturated carbocycles. The van der Waals surface area contributed by atoms with E-state index in [0.29, 0.717) is 6.61 Å². The first-order chi connectivity index (χ1) is 14.3. The molecule has 3 heteroatoms. The van der Waals surface area contributed by atoms with Crippen LogP contribution in [0.15, 0.2) is 84.9 Å². The first-order valence-electron chi connectivity index (χ1n) is 11.0. The number of quaternary nitrogens is 1. The van der Waals surface area contributed by atoms with E-state index < -0.39 is 0 Å². The zero-order chi connectivity index (χ0) is 19.7. The molecule has 1 heterocycles. The van der Waals surface area contributed by atoms with Crippen molar-refractivity contribution < 1.29 is 22.0 Å². The van der Waals surface area contributed by atoms with Crippen LogP contribution in [-0.4, -0.2) is 19.6 Å². The molecule has 1 saturated heterocycles. The molecule has 0 radical (unpaired) electrons. The van der Waals surface area contributed by atoms with Crippen molar-refractivity contribution in [2.24, 2.45) is 5.92 Å². The van der Waals surface area contributed by atoms with Gasteiger partial charge < -0.3 is 22.0 Å². The standard InChI is InChI=1S/C27H31NO.ClH/c1-3-7-24(8-4-1)21-25-16-19-28(20-17-25)18-15-23-11-13-27(14-12-23)29-22-26-9-5-2-6-10-26;/h1-14,25H,15-22H2;1H. The fourth-order valence-corrected chi connectivity index (χ4v) is 4.30. The number of nitrogens with one attached hydrogen (secondary N) is 1. The van der Waals surface area contributed by atoms with E-state index in [9.17, 15) is 0 Å². The first kappa shape index (κ1) is 22.4. The van der Waals surface area contributed by atoms with Crippen molar-refractivity contribution in [3.8, 4) is 5.75 Å². The van der Waals surface area contributed by atoms with Crippen molar-refractivity contribution in [2.45, 2.75) is 32.3 Å². The van der Waals surface area contributed by atoms with Crippen LogP contribution in [0.4, 0.5) is 0 Å². The second-order valence-electron chi connectivity index (χ2n) is 8.30. The number of hydrogen-bond donors (Lipinski definition) is 1. The molecule has 30 heavy (non-hydrogen) atoms. The summed E-state index contributed by atoms with van der Waals surface area (Å²) in [5.74, 6) is 1.81. The molecule has 1 fully saturated rings. The molecule has 0 bridgehead atoms. The van der Waals surface area contributed by atoms with E-state index in [0.717, 1.165) is 18.1 Å². The molecule has 0 aliphatic carbocycles. The van der Waals surface area contributed by atoms with Gasteiger partial charge in [0, 0.05) is 6.42 Å². The number of halogens is 1. The minimum atomic E-state index is 0. The molecule has 158 valence electrons. The SMILES string of the molecule is [Cl-].c1ccc(COc2ccc(CC[NH+]3CCC(Cc4ccccc4)CC3)cc2)cc1. The summed E-state index contributed by atoms with van der Waals surface area (Å²) in [6.07, 6.45) is 5.11. The van der Waals surface area contributed by atoms with Crippen molar-refractivity contribution >= 4 is 0 Å². The van der Waals surface area contributed by atoms with Crippen molar-refractivity contribution in [1.82, 2.24) is 0 Å². The van der Waals surface area contributed by atoms with Crippen LogP contribution < -0.4 is 22.0 Å². The predicted octanol–water partition coefficient (Wildman–Crippen LogP) is 1.35. The highest BCUT2D eigenvalue weighted by Gasteiger charge is 2.21. The fourth-order valence-electron chi connectivity index (χ4n) is 4.30. The Kier molecular flexibility index (Phi) is 8.80. The lowest BCUT2D eigenvalue weighted by atomic mass is 9.90. The monoisotopic (exact) mass is 421 g/mol. The number of likely N-dealkylation sites (tertiary alicyclic amines) is 1. The maximum atomic E-state index is 5.90. The Balaban J connectivity index is 0.00000256. The average molecular weight is 422 g/mol. The maximum absolute atomic E-state index is 5.90. The Hall–Kier alpha value is -2.29. The lowest BCUT2D eigenvalue weighted by molar-refractivity contribution is -0.906. The molecule has 1 aliphatic rings. The van der Waals surface area contributed by atoms with E-state index in [2.05, 4.69) is 78.9 Å². The molecule has 4 rings (SSSR count). The minimum Gasteiger partial charge on any atom is -1.00 e. The van der Waals surface area contributed by atoms with Crippen LogP contribution in [0.2, 0.25) is 0 Å². The van der Waals surface area contributed by atoms with Crippen LogP contribution in [-0.2, 0) is 19.4 Å². The van der Waals surface area contributed by atoms with Crippen LogP contribution in [0, 0.1) is 5.92 Å². The van der Waals surface area contributed by atoms with Crippen LogP contribution in [0.25, 0.3) is 0 Å². The van der Waals surface area contributed by atoms with E-state index in [1.165, 1.54) is 55.6 Å². The lowest BCUT2D eigenvalue weighted by Crippen LogP contribution is -3.13. The third kappa shape index (κ3) is 6.90. The van der Waals surface area contributed by atoms with Gasteiger partial charge in [-0.25, -0.2) is 0 Å². The van der Waals surface area contributed by atoms with Crippen molar-refractivity contribution in [3.63, 3.8) is 0 Å². The molecule has 0 unspecified atom stereocenters. The molecule has 0 spiro atoms. The van der Waals surface area contributed by atoms with E-state index >= 15 is 0 Å². The number of ether oxygens (including phenoxy) is 1. The second kappa shape index (κ2) is 11.8. The molecule has 0 atom stereocenters. The summed E-state index contributed by atoms with van der Waals surface area (Å²) in [5.41, 5.74) is 4.11. The molecule has 3 aromatic carbocycles. The Morgan fingerprint density at radius 3 is 1.93 bits per heavy atom. The summed E-state index contributed by atoms with van der Waals surface area (Å²) >= 11 is 0. The van der Waals surface area contributed by atoms with Gasteiger partial charge in [-0.3, -0.25) is 0 Å². The van der Waals surface area contributed by atoms with E-state index in [-0.39, 0.29) is 12.4 Å². The number of piperidine rings is 1. The van der Waals surface area contributed by atoms with Gasteiger partial charge in [-0.1, -0.05) is 72.8 Å². The Labute approximate surface area is 187 Å². The zero-order valence-corrected chi connectivity index (χ0v) is 18.4. The van der Waals surface area contributed by atoms with Gasteiger partial charge in [0.15, 0.2) is 0 Å². The third-order valence-corrected chi connectivity index (χ3v) is 6.12. The number of hydrogen-bond acceptors (Lipinski definition) is 1. The van der Waals surface area contributed by atoms with Crippen LogP contribution in [0.3, 0.4) is 0 Å². The van der Waals surface area contributed by atoms with Crippen molar-refractivity contribution in [3.05, 3.63) is 102 Å². The molecule has 2 nitrogen and oxygen atoms in total. The quantitative estimate of drug-likeness (QED) is 0.579. The van der Waals surface area contributed by atoms with Gasteiger partial charge in [-0.05, 0) is 54.0 Å². The summed E-state index contributed by atoms with van der Waals surface area (Å²) in [6, 6.07) is 30.0. The fraction of sp³-hybridized carbons (Fsp3) is 0.333. The molecular weight excluding hydrogens is 390 g/mol. The molecule has 1 aliphatic heterocycles. The summed E-state index contributed by atoms with van der Waals surface area (Å²) in [5, 5.41) is 0. The van der Waals surface area contributed by atoms with Crippen LogP contribution >= 0.6 is 0 Å². The predicted molar refractivity (Wildman–Crippen MR) is 119 cm³/mol. The largest absolute Gasteiger partial charge is 1.00 e. The summed E-state index contributed by atoms with van der Waals surface area (Å²) in [7, 11) is 0. The van der Waals surface area contributed by atoms with E-state index in [1.54, 1.807) is 4.90 Å². The Bertz CT molecular complexity index is 843. The van der Waals surface area contributed by atoms with Gasteiger partial charge in [-0.2, -0.15) is 0 Å². The van der Waals surface area contributed by atoms with Crippen molar-refractivity contribution in [1.29, 1.82) is 0 Å². The lowest BCUT2D eigenvalue weighted by Gasteiger charge is -2.29. The minimum absolute atomic E-state index is 0. The number of rotatable bonds is 8. The highest BCUT2D eigenvalue weighted by Crippen LogP contribution is 2.17. The topological polar surface area (TPSA) is 13.7 Å². The van der Waals surface area contributed by atoms with Gasteiger partial charge in [0.2, 0.25) is 0 Å². The maximum Gasteiger partial charge on any atom is 0.119 e. The molecule has 0 aromatic heterocycles. The normalized spacial score (nSPS) is 18.4. The molecule has 3 aromatic rings. The van der Waals surface area contributed by atoms with Gasteiger partial charge in [0.1, 0.15) is 12.4 Å². The van der Waals surface area contributed by atoms with Crippen molar-refractivity contribution in [2.75, 3.05) is 19.6 Å². The van der Waals surface area contributed by atoms with Gasteiger partial charge >= 0.3 is 0 Å². The molecular formula is C27H32ClNO. The van der Waals surface area contributed by atoms with E-state index in [1.807, 2.05) is 6.07 Å². The summed E-state index contributed by atoms with van der Waals surface area (Å²) < 4.78 is 5.90. The summed E-state index contributed by atoms with van der Waals surface area (Å²) in [4.78, 5) is 1.76. The summed E-state index contributed by atoms with van der Waals surface area (Å²) in [6.45, 7) is 4.50. The Morgan fingerprint density at radius 1 is 0.700 bits per heavy atom. The molecule has 1 N–H and O–H groups in total.